The van der Waals surface area contributed by atoms with Crippen LogP contribution in [0.5, 0.6) is 0 Å². The molecule has 4 nitrogen and oxygen atoms in total. The molecular formula is C15H16ClNO3. The average molecular weight is 294 g/mol. The molecule has 0 fully saturated rings. The van der Waals surface area contributed by atoms with Crippen molar-refractivity contribution in [3.63, 3.8) is 0 Å². The number of hydrogen-bond donors (Lipinski definition) is 0. The summed E-state index contributed by atoms with van der Waals surface area (Å²) in [5.74, 6) is -1.46. The molecule has 20 heavy (non-hydrogen) atoms. The van der Waals surface area contributed by atoms with Crippen LogP contribution in [0.4, 0.5) is 0 Å². The van der Waals surface area contributed by atoms with Crippen molar-refractivity contribution < 1.29 is 14.3 Å². The Morgan fingerprint density at radius 1 is 1.30 bits per heavy atom. The highest BCUT2D eigenvalue weighted by Gasteiger charge is 2.24. The van der Waals surface area contributed by atoms with Crippen LogP contribution in [0.3, 0.4) is 0 Å². The third-order valence-corrected chi connectivity index (χ3v) is 3.25. The minimum Gasteiger partial charge on any atom is -0.460 e. The van der Waals surface area contributed by atoms with Gasteiger partial charge in [-0.05, 0) is 45.0 Å². The summed E-state index contributed by atoms with van der Waals surface area (Å²) in [5, 5.41) is 1.42. The topological polar surface area (TPSA) is 48.3 Å². The number of benzene rings is 1. The molecule has 0 aliphatic rings. The third kappa shape index (κ3) is 2.56. The summed E-state index contributed by atoms with van der Waals surface area (Å²) in [4.78, 5) is 23.8. The number of carbonyl (C=O) groups is 2. The summed E-state index contributed by atoms with van der Waals surface area (Å²) in [5.41, 5.74) is 1.20. The lowest BCUT2D eigenvalue weighted by atomic mass is 10.2. The molecule has 0 saturated heterocycles. The van der Waals surface area contributed by atoms with Gasteiger partial charge in [0, 0.05) is 22.0 Å². The number of carbonyl (C=O) groups excluding carboxylic acids is 2. The summed E-state index contributed by atoms with van der Waals surface area (Å²) in [6.07, 6.45) is 0. The zero-order valence-electron chi connectivity index (χ0n) is 11.6. The van der Waals surface area contributed by atoms with Crippen LogP contribution < -0.4 is 0 Å². The quantitative estimate of drug-likeness (QED) is 0.491. The van der Waals surface area contributed by atoms with Crippen LogP contribution in [-0.2, 0) is 9.53 Å². The Bertz CT molecular complexity index is 673. The van der Waals surface area contributed by atoms with E-state index in [1.807, 2.05) is 24.5 Å². The molecule has 0 unspecified atom stereocenters. The summed E-state index contributed by atoms with van der Waals surface area (Å²) < 4.78 is 6.61. The molecule has 1 aromatic carbocycles. The molecule has 0 amide bonds. The van der Waals surface area contributed by atoms with E-state index < -0.39 is 11.8 Å². The van der Waals surface area contributed by atoms with Crippen molar-refractivity contribution in [2.24, 2.45) is 0 Å². The third-order valence-electron chi connectivity index (χ3n) is 3.01. The Morgan fingerprint density at radius 2 is 2.00 bits per heavy atom. The first-order valence-corrected chi connectivity index (χ1v) is 6.85. The van der Waals surface area contributed by atoms with Crippen molar-refractivity contribution in [3.05, 3.63) is 35.0 Å². The number of ether oxygens (including phenoxy) is 1. The molecule has 0 N–H and O–H groups in total. The molecule has 2 rings (SSSR count). The van der Waals surface area contributed by atoms with Gasteiger partial charge >= 0.3 is 5.97 Å². The Hall–Kier alpha value is -1.81. The number of halogens is 1. The maximum atomic E-state index is 12.2. The molecule has 0 aliphatic carbocycles. The van der Waals surface area contributed by atoms with Crippen LogP contribution in [-0.4, -0.2) is 22.9 Å². The number of esters is 1. The van der Waals surface area contributed by atoms with Gasteiger partial charge in [0.2, 0.25) is 0 Å². The number of ketones is 1. The Morgan fingerprint density at radius 3 is 2.60 bits per heavy atom. The molecule has 0 radical (unpaired) electrons. The van der Waals surface area contributed by atoms with Gasteiger partial charge in [-0.2, -0.15) is 0 Å². The standard InChI is InChI=1S/C15H16ClNO3/c1-4-20-15(19)14(18)13-8-10-7-11(16)5-6-12(10)17(13)9(2)3/h5-9H,4H2,1-3H3. The number of Topliss-reactive ketones (excluding diaryl/α,β-unsaturated/α-hetero) is 1. The molecule has 0 aliphatic heterocycles. The highest BCUT2D eigenvalue weighted by molar-refractivity contribution is 6.40. The highest BCUT2D eigenvalue weighted by atomic mass is 35.5. The maximum Gasteiger partial charge on any atom is 0.381 e. The van der Waals surface area contributed by atoms with Crippen LogP contribution in [0.15, 0.2) is 24.3 Å². The SMILES string of the molecule is CCOC(=O)C(=O)c1cc2cc(Cl)ccc2n1C(C)C. The average Bonchev–Trinajstić information content (AvgIpc) is 2.76. The lowest BCUT2D eigenvalue weighted by molar-refractivity contribution is -0.137. The number of rotatable bonds is 4. The number of fused-ring (bicyclic) bond motifs is 1. The second-order valence-corrected chi connectivity index (χ2v) is 5.18. The van der Waals surface area contributed by atoms with Gasteiger partial charge in [-0.25, -0.2) is 4.79 Å². The Balaban J connectivity index is 2.60. The first-order chi connectivity index (χ1) is 9.45. The monoisotopic (exact) mass is 293 g/mol. The van der Waals surface area contributed by atoms with Crippen molar-refractivity contribution in [2.45, 2.75) is 26.8 Å². The van der Waals surface area contributed by atoms with Crippen molar-refractivity contribution >= 4 is 34.3 Å². The number of nitrogens with zero attached hydrogens (tertiary/aromatic N) is 1. The molecule has 2 aromatic rings. The fraction of sp³-hybridized carbons (Fsp3) is 0.333. The Kier molecular flexibility index (Phi) is 4.14. The summed E-state index contributed by atoms with van der Waals surface area (Å²) in [7, 11) is 0. The van der Waals surface area contributed by atoms with Gasteiger partial charge in [0.25, 0.3) is 5.78 Å². The zero-order chi connectivity index (χ0) is 14.9. The van der Waals surface area contributed by atoms with E-state index in [9.17, 15) is 9.59 Å². The second-order valence-electron chi connectivity index (χ2n) is 4.75. The largest absolute Gasteiger partial charge is 0.460 e. The fourth-order valence-corrected chi connectivity index (χ4v) is 2.42. The first-order valence-electron chi connectivity index (χ1n) is 6.47. The first kappa shape index (κ1) is 14.6. The minimum absolute atomic E-state index is 0.0436. The van der Waals surface area contributed by atoms with Gasteiger partial charge in [0.05, 0.1) is 12.3 Å². The Labute approximate surface area is 122 Å². The van der Waals surface area contributed by atoms with Crippen molar-refractivity contribution in [1.82, 2.24) is 4.57 Å². The van der Waals surface area contributed by atoms with Gasteiger partial charge in [0.1, 0.15) is 0 Å². The van der Waals surface area contributed by atoms with Gasteiger partial charge in [-0.1, -0.05) is 11.6 Å². The van der Waals surface area contributed by atoms with E-state index in [0.717, 1.165) is 10.9 Å². The van der Waals surface area contributed by atoms with Crippen molar-refractivity contribution in [1.29, 1.82) is 0 Å². The zero-order valence-corrected chi connectivity index (χ0v) is 12.4. The fourth-order valence-electron chi connectivity index (χ4n) is 2.24. The molecule has 1 heterocycles. The molecule has 5 heteroatoms. The molecule has 0 bridgehead atoms. The normalized spacial score (nSPS) is 11.1. The van der Waals surface area contributed by atoms with Gasteiger partial charge in [-0.15, -0.1) is 0 Å². The minimum atomic E-state index is -0.830. The van der Waals surface area contributed by atoms with Crippen molar-refractivity contribution in [3.8, 4) is 0 Å². The van der Waals surface area contributed by atoms with Crippen molar-refractivity contribution in [2.75, 3.05) is 6.61 Å². The highest BCUT2D eigenvalue weighted by Crippen LogP contribution is 2.27. The smallest absolute Gasteiger partial charge is 0.381 e. The van der Waals surface area contributed by atoms with E-state index in [1.54, 1.807) is 25.1 Å². The van der Waals surface area contributed by atoms with Gasteiger partial charge in [0.15, 0.2) is 0 Å². The molecule has 0 spiro atoms. The van der Waals surface area contributed by atoms with E-state index in [0.29, 0.717) is 10.7 Å². The molecule has 106 valence electrons. The molecule has 0 saturated carbocycles. The predicted octanol–water partition coefficient (Wildman–Crippen LogP) is 3.62. The van der Waals surface area contributed by atoms with Crippen LogP contribution >= 0.6 is 11.6 Å². The summed E-state index contributed by atoms with van der Waals surface area (Å²) in [6.45, 7) is 5.76. The lowest BCUT2D eigenvalue weighted by Gasteiger charge is -2.13. The summed E-state index contributed by atoms with van der Waals surface area (Å²) in [6, 6.07) is 7.11. The number of hydrogen-bond acceptors (Lipinski definition) is 3. The van der Waals surface area contributed by atoms with E-state index >= 15 is 0 Å². The molecule has 0 atom stereocenters. The van der Waals surface area contributed by atoms with Crippen LogP contribution in [0, 0.1) is 0 Å². The van der Waals surface area contributed by atoms with Gasteiger partial charge < -0.3 is 9.30 Å². The molecular weight excluding hydrogens is 278 g/mol. The predicted molar refractivity (Wildman–Crippen MR) is 78.3 cm³/mol. The molecule has 1 aromatic heterocycles. The van der Waals surface area contributed by atoms with Crippen LogP contribution in [0.25, 0.3) is 10.9 Å². The lowest BCUT2D eigenvalue weighted by Crippen LogP contribution is -2.21. The van der Waals surface area contributed by atoms with E-state index in [1.165, 1.54) is 0 Å². The van der Waals surface area contributed by atoms with E-state index in [-0.39, 0.29) is 12.6 Å². The maximum absolute atomic E-state index is 12.2. The van der Waals surface area contributed by atoms with E-state index in [2.05, 4.69) is 0 Å². The van der Waals surface area contributed by atoms with Crippen LogP contribution in [0.2, 0.25) is 5.02 Å². The van der Waals surface area contributed by atoms with Crippen LogP contribution in [0.1, 0.15) is 37.3 Å². The number of aromatic nitrogens is 1. The van der Waals surface area contributed by atoms with Gasteiger partial charge in [-0.3, -0.25) is 4.79 Å². The second kappa shape index (κ2) is 5.67. The summed E-state index contributed by atoms with van der Waals surface area (Å²) >= 11 is 5.97. The van der Waals surface area contributed by atoms with E-state index in [4.69, 9.17) is 16.3 Å².